The number of para-hydroxylation sites is 1. The fourth-order valence-corrected chi connectivity index (χ4v) is 2.06. The van der Waals surface area contributed by atoms with E-state index in [1.807, 2.05) is 32.0 Å². The predicted octanol–water partition coefficient (Wildman–Crippen LogP) is 1.64. The molecule has 0 spiro atoms. The van der Waals surface area contributed by atoms with Gasteiger partial charge in [-0.25, -0.2) is 4.79 Å². The summed E-state index contributed by atoms with van der Waals surface area (Å²) in [6.45, 7) is 6.68. The Hall–Kier alpha value is -2.08. The first kappa shape index (κ1) is 18.0. The summed E-state index contributed by atoms with van der Waals surface area (Å²) in [6, 6.07) is 8.06. The van der Waals surface area contributed by atoms with Crippen LogP contribution in [0.25, 0.3) is 0 Å². The van der Waals surface area contributed by atoms with Crippen LogP contribution in [0.2, 0.25) is 0 Å². The number of nitrogens with one attached hydrogen (secondary N) is 2. The molecular formula is C16H26N4O2. The second kappa shape index (κ2) is 7.79. The van der Waals surface area contributed by atoms with Crippen molar-refractivity contribution in [3.8, 4) is 0 Å². The van der Waals surface area contributed by atoms with Gasteiger partial charge >= 0.3 is 6.03 Å². The van der Waals surface area contributed by atoms with Crippen LogP contribution in [0.4, 0.5) is 10.5 Å². The minimum atomic E-state index is -0.609. The van der Waals surface area contributed by atoms with Gasteiger partial charge in [0, 0.05) is 19.3 Å². The molecule has 6 nitrogen and oxygen atoms in total. The highest BCUT2D eigenvalue weighted by atomic mass is 16.2. The van der Waals surface area contributed by atoms with Crippen LogP contribution in [-0.2, 0) is 4.79 Å². The van der Waals surface area contributed by atoms with Gasteiger partial charge in [-0.3, -0.25) is 4.79 Å². The van der Waals surface area contributed by atoms with Gasteiger partial charge in [-0.2, -0.15) is 0 Å². The van der Waals surface area contributed by atoms with Gasteiger partial charge in [-0.05, 0) is 31.0 Å². The maximum atomic E-state index is 12.3. The molecule has 0 bridgehead atoms. The maximum Gasteiger partial charge on any atom is 0.319 e. The number of nitrogens with zero attached hydrogens (tertiary/aromatic N) is 1. The van der Waals surface area contributed by atoms with Crippen molar-refractivity contribution in [3.05, 3.63) is 30.3 Å². The standard InChI is InChI=1S/C16H26N4O2/c1-12(14(21)20(4)11-16(2,3)10-17)18-15(22)19-13-8-6-5-7-9-13/h5-9,12H,10-11,17H2,1-4H3,(H2,18,19,22). The van der Waals surface area contributed by atoms with Crippen molar-refractivity contribution in [2.75, 3.05) is 25.5 Å². The molecule has 3 amide bonds. The van der Waals surface area contributed by atoms with Crippen LogP contribution in [0.3, 0.4) is 0 Å². The molecule has 0 aliphatic heterocycles. The van der Waals surface area contributed by atoms with Crippen molar-refractivity contribution in [2.45, 2.75) is 26.8 Å². The van der Waals surface area contributed by atoms with Crippen LogP contribution in [0, 0.1) is 5.41 Å². The van der Waals surface area contributed by atoms with E-state index in [0.29, 0.717) is 18.8 Å². The van der Waals surface area contributed by atoms with Crippen LogP contribution in [-0.4, -0.2) is 43.0 Å². The minimum absolute atomic E-state index is 0.148. The molecule has 0 fully saturated rings. The van der Waals surface area contributed by atoms with Crippen molar-refractivity contribution in [3.63, 3.8) is 0 Å². The fourth-order valence-electron chi connectivity index (χ4n) is 2.06. The van der Waals surface area contributed by atoms with E-state index in [0.717, 1.165) is 0 Å². The Morgan fingerprint density at radius 2 is 1.86 bits per heavy atom. The first-order valence-electron chi connectivity index (χ1n) is 7.33. The second-order valence-electron chi connectivity index (χ2n) is 6.25. The van der Waals surface area contributed by atoms with Gasteiger partial charge in [-0.15, -0.1) is 0 Å². The highest BCUT2D eigenvalue weighted by Crippen LogP contribution is 2.14. The normalized spacial score (nSPS) is 12.4. The molecule has 122 valence electrons. The Morgan fingerprint density at radius 3 is 2.41 bits per heavy atom. The number of urea groups is 1. The van der Waals surface area contributed by atoms with Crippen molar-refractivity contribution >= 4 is 17.6 Å². The zero-order valence-corrected chi connectivity index (χ0v) is 13.7. The Morgan fingerprint density at radius 1 is 1.27 bits per heavy atom. The molecule has 4 N–H and O–H groups in total. The number of nitrogens with two attached hydrogens (primary N) is 1. The Balaban J connectivity index is 2.51. The van der Waals surface area contributed by atoms with Crippen molar-refractivity contribution < 1.29 is 9.59 Å². The summed E-state index contributed by atoms with van der Waals surface area (Å²) in [6.07, 6.45) is 0. The quantitative estimate of drug-likeness (QED) is 0.746. The first-order chi connectivity index (χ1) is 10.2. The second-order valence-corrected chi connectivity index (χ2v) is 6.25. The van der Waals surface area contributed by atoms with E-state index in [1.54, 1.807) is 31.0 Å². The highest BCUT2D eigenvalue weighted by Gasteiger charge is 2.25. The lowest BCUT2D eigenvalue weighted by molar-refractivity contribution is -0.132. The molecule has 0 aromatic heterocycles. The molecule has 0 aliphatic rings. The van der Waals surface area contributed by atoms with Crippen molar-refractivity contribution in [1.82, 2.24) is 10.2 Å². The fraction of sp³-hybridized carbons (Fsp3) is 0.500. The lowest BCUT2D eigenvalue weighted by Gasteiger charge is -2.30. The maximum absolute atomic E-state index is 12.3. The summed E-state index contributed by atoms with van der Waals surface area (Å²) >= 11 is 0. The summed E-state index contributed by atoms with van der Waals surface area (Å²) in [5, 5.41) is 5.33. The van der Waals surface area contributed by atoms with E-state index in [4.69, 9.17) is 5.73 Å². The molecule has 0 heterocycles. The summed E-state index contributed by atoms with van der Waals surface area (Å²) < 4.78 is 0. The molecule has 0 aliphatic carbocycles. The van der Waals surface area contributed by atoms with Gasteiger partial charge in [0.15, 0.2) is 0 Å². The SMILES string of the molecule is CC(NC(=O)Nc1ccccc1)C(=O)N(C)CC(C)(C)CN. The van der Waals surface area contributed by atoms with Gasteiger partial charge in [-0.1, -0.05) is 32.0 Å². The van der Waals surface area contributed by atoms with Crippen LogP contribution < -0.4 is 16.4 Å². The monoisotopic (exact) mass is 306 g/mol. The molecule has 0 radical (unpaired) electrons. The number of hydrogen-bond donors (Lipinski definition) is 3. The van der Waals surface area contributed by atoms with E-state index in [1.165, 1.54) is 0 Å². The average Bonchev–Trinajstić information content (AvgIpc) is 2.46. The molecule has 1 rings (SSSR count). The lowest BCUT2D eigenvalue weighted by atomic mass is 9.93. The molecule has 0 saturated carbocycles. The molecular weight excluding hydrogens is 280 g/mol. The van der Waals surface area contributed by atoms with Gasteiger partial charge < -0.3 is 21.3 Å². The van der Waals surface area contributed by atoms with Crippen LogP contribution in [0.5, 0.6) is 0 Å². The smallest absolute Gasteiger partial charge is 0.319 e. The largest absolute Gasteiger partial charge is 0.343 e. The first-order valence-corrected chi connectivity index (χ1v) is 7.33. The van der Waals surface area contributed by atoms with Crippen molar-refractivity contribution in [1.29, 1.82) is 0 Å². The molecule has 1 unspecified atom stereocenters. The lowest BCUT2D eigenvalue weighted by Crippen LogP contribution is -2.49. The number of anilines is 1. The number of amides is 3. The Labute approximate surface area is 132 Å². The summed E-state index contributed by atoms with van der Waals surface area (Å²) in [4.78, 5) is 25.7. The van der Waals surface area contributed by atoms with E-state index >= 15 is 0 Å². The highest BCUT2D eigenvalue weighted by molar-refractivity contribution is 5.93. The molecule has 1 atom stereocenters. The molecule has 6 heteroatoms. The third kappa shape index (κ3) is 5.73. The van der Waals surface area contributed by atoms with E-state index < -0.39 is 12.1 Å². The molecule has 22 heavy (non-hydrogen) atoms. The molecule has 0 saturated heterocycles. The van der Waals surface area contributed by atoms with E-state index in [-0.39, 0.29) is 11.3 Å². The average molecular weight is 306 g/mol. The number of likely N-dealkylation sites (N-methyl/N-ethyl adjacent to an activating group) is 1. The zero-order chi connectivity index (χ0) is 16.8. The molecule has 1 aromatic carbocycles. The number of hydrogen-bond acceptors (Lipinski definition) is 3. The Bertz CT molecular complexity index is 502. The van der Waals surface area contributed by atoms with Gasteiger partial charge in [0.25, 0.3) is 0 Å². The molecule has 1 aromatic rings. The van der Waals surface area contributed by atoms with Crippen LogP contribution in [0.1, 0.15) is 20.8 Å². The van der Waals surface area contributed by atoms with E-state index in [2.05, 4.69) is 10.6 Å². The van der Waals surface area contributed by atoms with Crippen molar-refractivity contribution in [2.24, 2.45) is 11.1 Å². The third-order valence-electron chi connectivity index (χ3n) is 3.34. The topological polar surface area (TPSA) is 87.5 Å². The van der Waals surface area contributed by atoms with E-state index in [9.17, 15) is 9.59 Å². The number of carbonyl (C=O) groups excluding carboxylic acids is 2. The zero-order valence-electron chi connectivity index (χ0n) is 13.7. The van der Waals surface area contributed by atoms with Crippen LogP contribution >= 0.6 is 0 Å². The Kier molecular flexibility index (Phi) is 6.37. The number of rotatable bonds is 6. The minimum Gasteiger partial charge on any atom is -0.343 e. The summed E-state index contributed by atoms with van der Waals surface area (Å²) in [7, 11) is 1.72. The van der Waals surface area contributed by atoms with Gasteiger partial charge in [0.1, 0.15) is 6.04 Å². The van der Waals surface area contributed by atoms with Crippen LogP contribution in [0.15, 0.2) is 30.3 Å². The van der Waals surface area contributed by atoms with Gasteiger partial charge in [0.05, 0.1) is 0 Å². The van der Waals surface area contributed by atoms with Gasteiger partial charge in [0.2, 0.25) is 5.91 Å². The number of benzene rings is 1. The predicted molar refractivity (Wildman–Crippen MR) is 88.5 cm³/mol. The summed E-state index contributed by atoms with van der Waals surface area (Å²) in [5.41, 5.74) is 6.20. The number of carbonyl (C=O) groups is 2. The third-order valence-corrected chi connectivity index (χ3v) is 3.34. The summed E-state index contributed by atoms with van der Waals surface area (Å²) in [5.74, 6) is -0.148.